The number of hydrogen-bond donors (Lipinski definition) is 1. The largest absolute Gasteiger partial charge is 0.449 e. The molecule has 1 N–H and O–H groups in total. The third-order valence-corrected chi connectivity index (χ3v) is 2.90. The highest BCUT2D eigenvalue weighted by Crippen LogP contribution is 2.19. The highest BCUT2D eigenvalue weighted by Gasteiger charge is 2.26. The van der Waals surface area contributed by atoms with Gasteiger partial charge in [0.25, 0.3) is 0 Å². The van der Waals surface area contributed by atoms with Gasteiger partial charge in [-0.3, -0.25) is 0 Å². The normalized spacial score (nSPS) is 25.2. The molecule has 0 amide bonds. The van der Waals surface area contributed by atoms with Crippen LogP contribution in [0, 0.1) is 11.3 Å². The van der Waals surface area contributed by atoms with E-state index in [1.54, 1.807) is 6.07 Å². The summed E-state index contributed by atoms with van der Waals surface area (Å²) in [7, 11) is 0. The van der Waals surface area contributed by atoms with Crippen molar-refractivity contribution in [2.75, 3.05) is 13.2 Å². The zero-order valence-corrected chi connectivity index (χ0v) is 9.45. The van der Waals surface area contributed by atoms with E-state index in [2.05, 4.69) is 12.2 Å². The number of nitrogens with one attached hydrogen (secondary N) is 1. The Morgan fingerprint density at radius 1 is 1.56 bits per heavy atom. The first-order chi connectivity index (χ1) is 7.72. The number of nitriles is 1. The van der Waals surface area contributed by atoms with Crippen molar-refractivity contribution in [3.8, 4) is 6.07 Å². The Morgan fingerprint density at radius 3 is 3.06 bits per heavy atom. The lowest BCUT2D eigenvalue weighted by atomic mass is 9.95. The number of furan rings is 1. The summed E-state index contributed by atoms with van der Waals surface area (Å²) in [5.41, 5.74) is 0.0256. The Kier molecular flexibility index (Phi) is 3.28. The van der Waals surface area contributed by atoms with Crippen LogP contribution in [0.3, 0.4) is 0 Å². The van der Waals surface area contributed by atoms with Crippen molar-refractivity contribution in [3.63, 3.8) is 0 Å². The Labute approximate surface area is 95.2 Å². The number of rotatable bonds is 3. The lowest BCUT2D eigenvalue weighted by Gasteiger charge is -2.34. The fourth-order valence-electron chi connectivity index (χ4n) is 1.91. The van der Waals surface area contributed by atoms with Crippen LogP contribution in [-0.4, -0.2) is 18.8 Å². The molecule has 4 nitrogen and oxygen atoms in total. The molecule has 0 aliphatic carbocycles. The van der Waals surface area contributed by atoms with Crippen LogP contribution in [0.1, 0.15) is 31.3 Å². The lowest BCUT2D eigenvalue weighted by molar-refractivity contribution is 0.0270. The van der Waals surface area contributed by atoms with Crippen LogP contribution in [0.4, 0.5) is 0 Å². The van der Waals surface area contributed by atoms with Gasteiger partial charge in [-0.25, -0.2) is 0 Å². The molecule has 1 aromatic heterocycles. The zero-order valence-electron chi connectivity index (χ0n) is 9.45. The molecule has 86 valence electrons. The van der Waals surface area contributed by atoms with Crippen molar-refractivity contribution >= 4 is 0 Å². The van der Waals surface area contributed by atoms with Gasteiger partial charge in [0.15, 0.2) is 0 Å². The van der Waals surface area contributed by atoms with Crippen molar-refractivity contribution in [1.29, 1.82) is 5.26 Å². The average molecular weight is 220 g/mol. The van der Waals surface area contributed by atoms with Gasteiger partial charge in [-0.15, -0.1) is 0 Å². The summed E-state index contributed by atoms with van der Waals surface area (Å²) in [4.78, 5) is 0. The third-order valence-electron chi connectivity index (χ3n) is 2.90. The van der Waals surface area contributed by atoms with Crippen LogP contribution in [0.2, 0.25) is 0 Å². The minimum absolute atomic E-state index is 0.0256. The molecule has 16 heavy (non-hydrogen) atoms. The van der Waals surface area contributed by atoms with E-state index >= 15 is 0 Å². The SMILES string of the molecule is CC1(NCc2ccc(C#N)o2)CCCOC1. The second kappa shape index (κ2) is 4.69. The van der Waals surface area contributed by atoms with E-state index in [4.69, 9.17) is 14.4 Å². The van der Waals surface area contributed by atoms with Crippen molar-refractivity contribution < 1.29 is 9.15 Å². The molecular weight excluding hydrogens is 204 g/mol. The minimum atomic E-state index is 0.0256. The molecule has 0 spiro atoms. The van der Waals surface area contributed by atoms with Gasteiger partial charge in [-0.05, 0) is 31.9 Å². The third kappa shape index (κ3) is 2.63. The molecule has 1 unspecified atom stereocenters. The summed E-state index contributed by atoms with van der Waals surface area (Å²) in [6.07, 6.45) is 2.20. The molecule has 4 heteroatoms. The van der Waals surface area contributed by atoms with Gasteiger partial charge in [0.05, 0.1) is 13.2 Å². The summed E-state index contributed by atoms with van der Waals surface area (Å²) >= 11 is 0. The molecule has 1 saturated heterocycles. The van der Waals surface area contributed by atoms with Gasteiger partial charge in [0.2, 0.25) is 5.76 Å². The molecule has 1 aromatic rings. The smallest absolute Gasteiger partial charge is 0.203 e. The molecule has 2 rings (SSSR count). The summed E-state index contributed by atoms with van der Waals surface area (Å²) in [5, 5.41) is 12.1. The highest BCUT2D eigenvalue weighted by molar-refractivity contribution is 5.19. The van der Waals surface area contributed by atoms with Crippen molar-refractivity contribution in [3.05, 3.63) is 23.7 Å². The van der Waals surface area contributed by atoms with Crippen LogP contribution >= 0.6 is 0 Å². The summed E-state index contributed by atoms with van der Waals surface area (Å²) in [5.74, 6) is 1.16. The molecular formula is C12H16N2O2. The van der Waals surface area contributed by atoms with E-state index in [1.165, 1.54) is 0 Å². The quantitative estimate of drug-likeness (QED) is 0.844. The van der Waals surface area contributed by atoms with Crippen LogP contribution in [0.15, 0.2) is 16.5 Å². The van der Waals surface area contributed by atoms with E-state index in [1.807, 2.05) is 12.1 Å². The van der Waals surface area contributed by atoms with Gasteiger partial charge in [0, 0.05) is 12.1 Å². The molecule has 0 aromatic carbocycles. The molecule has 2 heterocycles. The maximum atomic E-state index is 8.63. The molecule has 1 aliphatic heterocycles. The van der Waals surface area contributed by atoms with Gasteiger partial charge >= 0.3 is 0 Å². The van der Waals surface area contributed by atoms with Gasteiger partial charge < -0.3 is 14.5 Å². The molecule has 1 fully saturated rings. The number of ether oxygens (including phenoxy) is 1. The predicted octanol–water partition coefficient (Wildman–Crippen LogP) is 1.81. The second-order valence-electron chi connectivity index (χ2n) is 4.45. The fourth-order valence-corrected chi connectivity index (χ4v) is 1.91. The summed E-state index contributed by atoms with van der Waals surface area (Å²) in [6.45, 7) is 4.39. The molecule has 0 saturated carbocycles. The zero-order chi connectivity index (χ0) is 11.4. The van der Waals surface area contributed by atoms with Crippen LogP contribution < -0.4 is 5.32 Å². The van der Waals surface area contributed by atoms with Gasteiger partial charge in [0.1, 0.15) is 11.8 Å². The maximum absolute atomic E-state index is 8.63. The first kappa shape index (κ1) is 11.2. The van der Waals surface area contributed by atoms with Crippen molar-refractivity contribution in [2.24, 2.45) is 0 Å². The van der Waals surface area contributed by atoms with Crippen LogP contribution in [0.25, 0.3) is 0 Å². The Bertz CT molecular complexity index is 386. The van der Waals surface area contributed by atoms with E-state index in [0.29, 0.717) is 12.3 Å². The average Bonchev–Trinajstić information content (AvgIpc) is 2.75. The Hall–Kier alpha value is -1.31. The lowest BCUT2D eigenvalue weighted by Crippen LogP contribution is -2.48. The van der Waals surface area contributed by atoms with E-state index in [9.17, 15) is 0 Å². The molecule has 1 aliphatic rings. The molecule has 0 bridgehead atoms. The van der Waals surface area contributed by atoms with E-state index < -0.39 is 0 Å². The maximum Gasteiger partial charge on any atom is 0.203 e. The molecule has 0 radical (unpaired) electrons. The minimum Gasteiger partial charge on any atom is -0.449 e. The number of nitrogens with zero attached hydrogens (tertiary/aromatic N) is 1. The monoisotopic (exact) mass is 220 g/mol. The summed E-state index contributed by atoms with van der Waals surface area (Å²) in [6, 6.07) is 5.50. The summed E-state index contributed by atoms with van der Waals surface area (Å²) < 4.78 is 10.8. The standard InChI is InChI=1S/C12H16N2O2/c1-12(5-2-6-15-9-12)14-8-11-4-3-10(7-13)16-11/h3-4,14H,2,5-6,8-9H2,1H3. The van der Waals surface area contributed by atoms with Crippen LogP contribution in [-0.2, 0) is 11.3 Å². The van der Waals surface area contributed by atoms with Crippen molar-refractivity contribution in [2.45, 2.75) is 31.8 Å². The van der Waals surface area contributed by atoms with Gasteiger partial charge in [-0.2, -0.15) is 5.26 Å². The Morgan fingerprint density at radius 2 is 2.44 bits per heavy atom. The predicted molar refractivity (Wildman–Crippen MR) is 58.7 cm³/mol. The van der Waals surface area contributed by atoms with E-state index in [-0.39, 0.29) is 5.54 Å². The van der Waals surface area contributed by atoms with E-state index in [0.717, 1.165) is 31.8 Å². The number of hydrogen-bond acceptors (Lipinski definition) is 4. The first-order valence-corrected chi connectivity index (χ1v) is 5.53. The first-order valence-electron chi connectivity index (χ1n) is 5.53. The molecule has 1 atom stereocenters. The van der Waals surface area contributed by atoms with Gasteiger partial charge in [-0.1, -0.05) is 0 Å². The van der Waals surface area contributed by atoms with Crippen molar-refractivity contribution in [1.82, 2.24) is 5.32 Å². The fraction of sp³-hybridized carbons (Fsp3) is 0.583. The van der Waals surface area contributed by atoms with Crippen LogP contribution in [0.5, 0.6) is 0 Å². The second-order valence-corrected chi connectivity index (χ2v) is 4.45. The topological polar surface area (TPSA) is 58.2 Å². The Balaban J connectivity index is 1.89. The highest BCUT2D eigenvalue weighted by atomic mass is 16.5.